The second kappa shape index (κ2) is 6.37. The van der Waals surface area contributed by atoms with Crippen LogP contribution in [0.1, 0.15) is 49.4 Å². The van der Waals surface area contributed by atoms with Gasteiger partial charge in [-0.25, -0.2) is 4.79 Å². The Morgan fingerprint density at radius 2 is 1.95 bits per heavy atom. The lowest BCUT2D eigenvalue weighted by Crippen LogP contribution is -2.14. The number of hydrogen-bond acceptors (Lipinski definition) is 4. The molecular weight excluding hydrogens is 256 g/mol. The maximum absolute atomic E-state index is 12.1. The number of benzene rings is 1. The molecule has 0 saturated carbocycles. The zero-order valence-corrected chi connectivity index (χ0v) is 11.5. The van der Waals surface area contributed by atoms with Gasteiger partial charge in [-0.1, -0.05) is 38.3 Å². The van der Waals surface area contributed by atoms with Gasteiger partial charge in [0.2, 0.25) is 0 Å². The van der Waals surface area contributed by atoms with Crippen molar-refractivity contribution >= 4 is 16.8 Å². The fourth-order valence-corrected chi connectivity index (χ4v) is 2.22. The van der Waals surface area contributed by atoms with Crippen molar-refractivity contribution in [1.82, 2.24) is 0 Å². The molecule has 0 amide bonds. The molecule has 0 atom stereocenters. The Morgan fingerprint density at radius 1 is 1.20 bits per heavy atom. The zero-order chi connectivity index (χ0) is 14.5. The molecule has 106 valence electrons. The van der Waals surface area contributed by atoms with E-state index in [2.05, 4.69) is 6.92 Å². The van der Waals surface area contributed by atoms with Crippen LogP contribution in [0.2, 0.25) is 0 Å². The minimum absolute atomic E-state index is 0.222. The first-order chi connectivity index (χ1) is 9.65. The Morgan fingerprint density at radius 3 is 2.70 bits per heavy atom. The van der Waals surface area contributed by atoms with Crippen molar-refractivity contribution < 1.29 is 14.3 Å². The summed E-state index contributed by atoms with van der Waals surface area (Å²) in [7, 11) is 0. The summed E-state index contributed by atoms with van der Waals surface area (Å²) in [6.07, 6.45) is 4.07. The normalized spacial score (nSPS) is 10.8. The fourth-order valence-electron chi connectivity index (χ4n) is 2.22. The highest BCUT2D eigenvalue weighted by Gasteiger charge is 2.19. The second-order valence-corrected chi connectivity index (χ2v) is 4.84. The first kappa shape index (κ1) is 14.3. The molecule has 0 radical (unpaired) electrons. The molecule has 4 heteroatoms. The molecular formula is C16H18O4. The van der Waals surface area contributed by atoms with E-state index in [-0.39, 0.29) is 29.1 Å². The topological polar surface area (TPSA) is 67.5 Å². The summed E-state index contributed by atoms with van der Waals surface area (Å²) in [6, 6.07) is 6.64. The van der Waals surface area contributed by atoms with E-state index >= 15 is 0 Å². The number of unbranched alkanes of at least 4 members (excludes halogenated alkanes) is 3. The lowest BCUT2D eigenvalue weighted by Gasteiger charge is -2.05. The van der Waals surface area contributed by atoms with Crippen LogP contribution in [0.3, 0.4) is 0 Å². The molecule has 1 heterocycles. The summed E-state index contributed by atoms with van der Waals surface area (Å²) >= 11 is 0. The molecule has 0 aliphatic heterocycles. The molecule has 1 aromatic heterocycles. The SMILES string of the molecule is CCCCCCC(=O)c1c(O)c2ccccc2oc1=O. The van der Waals surface area contributed by atoms with Gasteiger partial charge in [0.05, 0.1) is 5.39 Å². The van der Waals surface area contributed by atoms with Crippen LogP contribution in [0.5, 0.6) is 5.75 Å². The molecule has 0 aliphatic carbocycles. The highest BCUT2D eigenvalue weighted by molar-refractivity contribution is 6.02. The number of carbonyl (C=O) groups is 1. The van der Waals surface area contributed by atoms with Crippen molar-refractivity contribution in [2.75, 3.05) is 0 Å². The third-order valence-electron chi connectivity index (χ3n) is 3.32. The third-order valence-corrected chi connectivity index (χ3v) is 3.32. The van der Waals surface area contributed by atoms with Crippen molar-refractivity contribution in [1.29, 1.82) is 0 Å². The van der Waals surface area contributed by atoms with Gasteiger partial charge in [-0.05, 0) is 18.6 Å². The number of ketones is 1. The number of hydrogen-bond donors (Lipinski definition) is 1. The van der Waals surface area contributed by atoms with Gasteiger partial charge in [-0.2, -0.15) is 0 Å². The molecule has 0 bridgehead atoms. The van der Waals surface area contributed by atoms with Gasteiger partial charge < -0.3 is 9.52 Å². The average molecular weight is 274 g/mol. The maximum Gasteiger partial charge on any atom is 0.351 e. The molecule has 0 fully saturated rings. The monoisotopic (exact) mass is 274 g/mol. The van der Waals surface area contributed by atoms with E-state index < -0.39 is 5.63 Å². The number of Topliss-reactive ketones (excluding diaryl/α,β-unsaturated/α-hetero) is 1. The summed E-state index contributed by atoms with van der Waals surface area (Å²) in [6.45, 7) is 2.09. The van der Waals surface area contributed by atoms with Crippen molar-refractivity contribution in [2.45, 2.75) is 39.0 Å². The third kappa shape index (κ3) is 2.90. The largest absolute Gasteiger partial charge is 0.506 e. The Hall–Kier alpha value is -2.10. The summed E-state index contributed by atoms with van der Waals surface area (Å²) in [5.41, 5.74) is -0.695. The lowest BCUT2D eigenvalue weighted by molar-refractivity contribution is 0.0973. The molecule has 1 aromatic carbocycles. The van der Waals surface area contributed by atoms with Crippen molar-refractivity contribution in [3.05, 3.63) is 40.2 Å². The number of para-hydroxylation sites is 1. The molecule has 0 spiro atoms. The van der Waals surface area contributed by atoms with Crippen molar-refractivity contribution in [3.63, 3.8) is 0 Å². The molecule has 0 saturated heterocycles. The second-order valence-electron chi connectivity index (χ2n) is 4.84. The van der Waals surface area contributed by atoms with Gasteiger partial charge in [-0.15, -0.1) is 0 Å². The molecule has 0 aliphatic rings. The molecule has 2 rings (SSSR count). The Balaban J connectivity index is 2.29. The van der Waals surface area contributed by atoms with Gasteiger partial charge in [0.1, 0.15) is 16.9 Å². The Bertz CT molecular complexity index is 670. The van der Waals surface area contributed by atoms with E-state index in [0.29, 0.717) is 5.39 Å². The van der Waals surface area contributed by atoms with Gasteiger partial charge in [0.15, 0.2) is 5.78 Å². The van der Waals surface area contributed by atoms with Gasteiger partial charge in [0.25, 0.3) is 0 Å². The molecule has 1 N–H and O–H groups in total. The van der Waals surface area contributed by atoms with Gasteiger partial charge in [0, 0.05) is 6.42 Å². The van der Waals surface area contributed by atoms with Crippen LogP contribution < -0.4 is 5.63 Å². The van der Waals surface area contributed by atoms with Crippen molar-refractivity contribution in [2.24, 2.45) is 0 Å². The quantitative estimate of drug-likeness (QED) is 0.496. The molecule has 20 heavy (non-hydrogen) atoms. The van der Waals surface area contributed by atoms with Gasteiger partial charge in [-0.3, -0.25) is 4.79 Å². The van der Waals surface area contributed by atoms with E-state index in [9.17, 15) is 14.7 Å². The molecule has 4 nitrogen and oxygen atoms in total. The van der Waals surface area contributed by atoms with Crippen molar-refractivity contribution in [3.8, 4) is 5.75 Å². The highest BCUT2D eigenvalue weighted by atomic mass is 16.4. The van der Waals surface area contributed by atoms with Gasteiger partial charge >= 0.3 is 5.63 Å². The summed E-state index contributed by atoms with van der Waals surface area (Å²) in [4.78, 5) is 23.9. The molecule has 2 aromatic rings. The number of fused-ring (bicyclic) bond motifs is 1. The summed E-state index contributed by atoms with van der Waals surface area (Å²) < 4.78 is 5.09. The number of rotatable bonds is 6. The van der Waals surface area contributed by atoms with E-state index in [4.69, 9.17) is 4.42 Å². The van der Waals surface area contributed by atoms with Crippen LogP contribution in [0.15, 0.2) is 33.5 Å². The number of carbonyl (C=O) groups excluding carboxylic acids is 1. The Labute approximate surface area is 117 Å². The minimum atomic E-state index is -0.762. The van der Waals surface area contributed by atoms with E-state index in [1.165, 1.54) is 0 Å². The van der Waals surface area contributed by atoms with Crippen LogP contribution in [-0.4, -0.2) is 10.9 Å². The first-order valence-electron chi connectivity index (χ1n) is 6.93. The predicted octanol–water partition coefficient (Wildman–Crippen LogP) is 3.65. The van der Waals surface area contributed by atoms with Crippen LogP contribution in [0.25, 0.3) is 11.0 Å². The highest BCUT2D eigenvalue weighted by Crippen LogP contribution is 2.27. The van der Waals surface area contributed by atoms with Crippen LogP contribution >= 0.6 is 0 Å². The smallest absolute Gasteiger partial charge is 0.351 e. The standard InChI is InChI=1S/C16H18O4/c1-2-3-4-5-9-12(17)14-15(18)11-8-6-7-10-13(11)20-16(14)19/h6-8,10,18H,2-5,9H2,1H3. The summed E-state index contributed by atoms with van der Waals surface area (Å²) in [5.74, 6) is -0.615. The molecule has 0 unspecified atom stereocenters. The maximum atomic E-state index is 12.1. The minimum Gasteiger partial charge on any atom is -0.506 e. The van der Waals surface area contributed by atoms with E-state index in [1.807, 2.05) is 0 Å². The fraction of sp³-hybridized carbons (Fsp3) is 0.375. The zero-order valence-electron chi connectivity index (χ0n) is 11.5. The van der Waals surface area contributed by atoms with Crippen LogP contribution in [0, 0.1) is 0 Å². The first-order valence-corrected chi connectivity index (χ1v) is 6.93. The Kier molecular flexibility index (Phi) is 4.56. The van der Waals surface area contributed by atoms with E-state index in [1.54, 1.807) is 24.3 Å². The van der Waals surface area contributed by atoms with Crippen LogP contribution in [-0.2, 0) is 0 Å². The average Bonchev–Trinajstić information content (AvgIpc) is 2.43. The lowest BCUT2D eigenvalue weighted by atomic mass is 10.0. The predicted molar refractivity (Wildman–Crippen MR) is 77.2 cm³/mol. The number of aromatic hydroxyl groups is 1. The van der Waals surface area contributed by atoms with E-state index in [0.717, 1.165) is 25.7 Å². The van der Waals surface area contributed by atoms with Crippen LogP contribution in [0.4, 0.5) is 0 Å². The summed E-state index contributed by atoms with van der Waals surface area (Å²) in [5, 5.41) is 10.5.